The van der Waals surface area contributed by atoms with Gasteiger partial charge in [-0.25, -0.2) is 0 Å². The van der Waals surface area contributed by atoms with Gasteiger partial charge in [0.25, 0.3) is 0 Å². The van der Waals surface area contributed by atoms with E-state index in [0.29, 0.717) is 0 Å². The Labute approximate surface area is 255 Å². The molecule has 0 unspecified atom stereocenters. The van der Waals surface area contributed by atoms with Crippen molar-refractivity contribution in [1.29, 1.82) is 0 Å². The monoisotopic (exact) mass is 641 g/mol. The number of amides is 11. The number of nitrogens with zero attached hydrogens (tertiary/aromatic N) is 1. The lowest BCUT2D eigenvalue weighted by molar-refractivity contribution is -0.135. The summed E-state index contributed by atoms with van der Waals surface area (Å²) in [6.07, 6.45) is 0. The van der Waals surface area contributed by atoms with Crippen LogP contribution in [0.2, 0.25) is 0 Å². The second kappa shape index (κ2) is 20.1. The summed E-state index contributed by atoms with van der Waals surface area (Å²) in [5, 5.41) is 22.0. The molecular weight excluding hydrogens is 606 g/mol. The number of likely N-dealkylation sites (N-methyl/N-ethyl adjacent to an activating group) is 1. The third-order valence-electron chi connectivity index (χ3n) is 5.26. The average molecular weight is 642 g/mol. The Balaban J connectivity index is 2.66. The van der Waals surface area contributed by atoms with E-state index in [9.17, 15) is 52.7 Å². The van der Waals surface area contributed by atoms with Gasteiger partial charge < -0.3 is 58.1 Å². The predicted octanol–water partition coefficient (Wildman–Crippen LogP) is -9.38. The lowest BCUT2D eigenvalue weighted by Crippen LogP contribution is -2.48. The molecule has 0 aliphatic carbocycles. The highest BCUT2D eigenvalue weighted by Crippen LogP contribution is 1.85. The second-order valence-electron chi connectivity index (χ2n) is 9.02. The van der Waals surface area contributed by atoms with E-state index in [-0.39, 0.29) is 0 Å². The van der Waals surface area contributed by atoms with Gasteiger partial charge in [-0.1, -0.05) is 0 Å². The first-order valence-corrected chi connectivity index (χ1v) is 13.2. The average Bonchev–Trinajstić information content (AvgIpc) is 3.01. The molecule has 0 spiro atoms. The summed E-state index contributed by atoms with van der Waals surface area (Å²) in [5.41, 5.74) is 0. The summed E-state index contributed by atoms with van der Waals surface area (Å²) < 4.78 is 0. The maximum atomic E-state index is 12.2. The van der Waals surface area contributed by atoms with Crippen LogP contribution < -0.4 is 53.2 Å². The number of hydrogen-bond donors (Lipinski definition) is 10. The summed E-state index contributed by atoms with van der Waals surface area (Å²) in [7, 11) is 1.26. The van der Waals surface area contributed by atoms with Crippen molar-refractivity contribution in [1.82, 2.24) is 58.1 Å². The first-order chi connectivity index (χ1) is 21.2. The normalized spacial score (nSPS) is 19.6. The lowest BCUT2D eigenvalue weighted by Gasteiger charge is -2.17. The third kappa shape index (κ3) is 18.3. The Bertz CT molecular complexity index is 1190. The highest BCUT2D eigenvalue weighted by Gasteiger charge is 2.16. The number of hydrogen-bond acceptors (Lipinski definition) is 11. The zero-order valence-electron chi connectivity index (χ0n) is 24.2. The number of rotatable bonds is 0. The quantitative estimate of drug-likeness (QED) is 0.118. The Morgan fingerprint density at radius 3 is 0.711 bits per heavy atom. The molecule has 0 radical (unpaired) electrons. The maximum absolute atomic E-state index is 12.2. The van der Waals surface area contributed by atoms with Crippen LogP contribution in [0.4, 0.5) is 0 Å². The van der Waals surface area contributed by atoms with Crippen LogP contribution in [0.15, 0.2) is 0 Å². The summed E-state index contributed by atoms with van der Waals surface area (Å²) in [5.74, 6) is -8.24. The minimum absolute atomic E-state index is 0.473. The molecule has 0 bridgehead atoms. The number of carbonyl (C=O) groups excluding carboxylic acids is 11. The maximum Gasteiger partial charge on any atom is 0.242 e. The molecule has 1 aliphatic heterocycles. The molecular formula is C23H35N11O11. The minimum Gasteiger partial charge on any atom is -0.346 e. The fourth-order valence-electron chi connectivity index (χ4n) is 2.84. The van der Waals surface area contributed by atoms with Crippen LogP contribution in [0.3, 0.4) is 0 Å². The van der Waals surface area contributed by atoms with Gasteiger partial charge >= 0.3 is 0 Å². The Morgan fingerprint density at radius 1 is 0.311 bits per heavy atom. The van der Waals surface area contributed by atoms with Crippen molar-refractivity contribution >= 4 is 65.0 Å². The molecule has 1 heterocycles. The van der Waals surface area contributed by atoms with Crippen molar-refractivity contribution in [3.05, 3.63) is 0 Å². The first-order valence-electron chi connectivity index (χ1n) is 13.2. The molecule has 248 valence electrons. The summed E-state index contributed by atoms with van der Waals surface area (Å²) in [6, 6.07) is 0. The number of nitrogens with one attached hydrogen (secondary N) is 10. The Kier molecular flexibility index (Phi) is 16.6. The van der Waals surface area contributed by atoms with Crippen LogP contribution >= 0.6 is 0 Å². The van der Waals surface area contributed by atoms with Gasteiger partial charge in [-0.05, 0) is 0 Å². The zero-order chi connectivity index (χ0) is 33.8. The van der Waals surface area contributed by atoms with Gasteiger partial charge in [-0.2, -0.15) is 0 Å². The summed E-state index contributed by atoms with van der Waals surface area (Å²) in [6.45, 7) is -5.86. The predicted molar refractivity (Wildman–Crippen MR) is 148 cm³/mol. The van der Waals surface area contributed by atoms with E-state index in [0.717, 1.165) is 4.90 Å². The van der Waals surface area contributed by atoms with Crippen molar-refractivity contribution in [3.8, 4) is 0 Å². The Hall–Kier alpha value is -5.83. The molecule has 22 nitrogen and oxygen atoms in total. The van der Waals surface area contributed by atoms with E-state index in [2.05, 4.69) is 53.2 Å². The van der Waals surface area contributed by atoms with Crippen LogP contribution in [0, 0.1) is 0 Å². The highest BCUT2D eigenvalue weighted by atomic mass is 16.2. The van der Waals surface area contributed by atoms with Crippen molar-refractivity contribution < 1.29 is 52.7 Å². The molecule has 1 aliphatic rings. The number of carbonyl (C=O) groups is 11. The molecule has 0 atom stereocenters. The van der Waals surface area contributed by atoms with Crippen LogP contribution in [-0.2, 0) is 52.7 Å². The van der Waals surface area contributed by atoms with Gasteiger partial charge in [-0.15, -0.1) is 0 Å². The fourth-order valence-corrected chi connectivity index (χ4v) is 2.84. The molecule has 0 aromatic heterocycles. The van der Waals surface area contributed by atoms with Crippen molar-refractivity contribution in [2.75, 3.05) is 79.0 Å². The zero-order valence-corrected chi connectivity index (χ0v) is 24.2. The van der Waals surface area contributed by atoms with Gasteiger partial charge in [0.15, 0.2) is 0 Å². The Morgan fingerprint density at radius 2 is 0.489 bits per heavy atom. The van der Waals surface area contributed by atoms with Gasteiger partial charge in [-0.3, -0.25) is 52.7 Å². The van der Waals surface area contributed by atoms with E-state index >= 15 is 0 Å². The van der Waals surface area contributed by atoms with E-state index in [4.69, 9.17) is 0 Å². The molecule has 0 aromatic rings. The third-order valence-corrected chi connectivity index (χ3v) is 5.26. The molecule has 1 rings (SSSR count). The van der Waals surface area contributed by atoms with Crippen LogP contribution in [0.25, 0.3) is 0 Å². The van der Waals surface area contributed by atoms with Crippen molar-refractivity contribution in [3.63, 3.8) is 0 Å². The lowest BCUT2D eigenvalue weighted by atomic mass is 10.4. The largest absolute Gasteiger partial charge is 0.346 e. The van der Waals surface area contributed by atoms with Gasteiger partial charge in [0.1, 0.15) is 0 Å². The van der Waals surface area contributed by atoms with E-state index < -0.39 is 137 Å². The van der Waals surface area contributed by atoms with Gasteiger partial charge in [0.2, 0.25) is 65.0 Å². The summed E-state index contributed by atoms with van der Waals surface area (Å²) in [4.78, 5) is 132. The molecule has 45 heavy (non-hydrogen) atoms. The molecule has 0 saturated carbocycles. The van der Waals surface area contributed by atoms with Gasteiger partial charge in [0, 0.05) is 7.05 Å². The molecule has 1 saturated heterocycles. The second-order valence-corrected chi connectivity index (χ2v) is 9.02. The SMILES string of the molecule is CN1CC(=O)NCC(=O)NCC(=O)NCC(=O)NCC(=O)NCC(=O)NCC(=O)NCC(=O)NCC(=O)NCC(=O)NCC1=O. The topological polar surface area (TPSA) is 311 Å². The minimum atomic E-state index is -0.762. The first kappa shape index (κ1) is 37.2. The van der Waals surface area contributed by atoms with Gasteiger partial charge in [0.05, 0.1) is 72.0 Å². The van der Waals surface area contributed by atoms with E-state index in [1.165, 1.54) is 7.05 Å². The fraction of sp³-hybridized carbons (Fsp3) is 0.522. The molecule has 1 fully saturated rings. The summed E-state index contributed by atoms with van der Waals surface area (Å²) >= 11 is 0. The molecule has 22 heteroatoms. The molecule has 0 aromatic carbocycles. The van der Waals surface area contributed by atoms with E-state index in [1.807, 2.05) is 0 Å². The van der Waals surface area contributed by atoms with Crippen molar-refractivity contribution in [2.24, 2.45) is 0 Å². The highest BCUT2D eigenvalue weighted by molar-refractivity contribution is 5.94. The molecule has 11 amide bonds. The van der Waals surface area contributed by atoms with Crippen LogP contribution in [0.5, 0.6) is 0 Å². The van der Waals surface area contributed by atoms with E-state index in [1.54, 1.807) is 0 Å². The molecule has 10 N–H and O–H groups in total. The van der Waals surface area contributed by atoms with Crippen LogP contribution in [-0.4, -0.2) is 149 Å². The van der Waals surface area contributed by atoms with Crippen LogP contribution in [0.1, 0.15) is 0 Å². The van der Waals surface area contributed by atoms with Crippen molar-refractivity contribution in [2.45, 2.75) is 0 Å². The smallest absolute Gasteiger partial charge is 0.242 e. The standard InChI is InChI=1S/C23H35N11O11/c1-34-12-22(44)32-10-20(42)30-8-18(40)28-6-16(38)26-4-14(36)24-2-13(35)25-3-15(37)27-5-17(39)29-7-19(41)31-9-21(43)33-11-23(34)45/h2-12H2,1H3,(H,24,36)(H,25,35)(H,26,38)(H,27,37)(H,28,40)(H,29,39)(H,30,42)(H,31,41)(H,32,44)(H,33,43).